The number of carbonyl (C=O) groups is 3. The Bertz CT molecular complexity index is 1770. The summed E-state index contributed by atoms with van der Waals surface area (Å²) in [5.41, 5.74) is 2.98. The summed E-state index contributed by atoms with van der Waals surface area (Å²) in [6, 6.07) is 26.0. The number of carbonyl (C=O) groups excluding carboxylic acids is 3. The Labute approximate surface area is 244 Å². The van der Waals surface area contributed by atoms with Crippen molar-refractivity contribution >= 4 is 29.1 Å². The summed E-state index contributed by atoms with van der Waals surface area (Å²) in [7, 11) is 3.12. The summed E-state index contributed by atoms with van der Waals surface area (Å²) in [5.74, 6) is -0.598. The Morgan fingerprint density at radius 3 is 2.14 bits per heavy atom. The summed E-state index contributed by atoms with van der Waals surface area (Å²) < 4.78 is 11.5. The maximum absolute atomic E-state index is 14.8. The molecule has 3 atom stereocenters. The fourth-order valence-electron chi connectivity index (χ4n) is 7.23. The summed E-state index contributed by atoms with van der Waals surface area (Å²) >= 11 is 0. The van der Waals surface area contributed by atoms with Crippen LogP contribution in [0, 0.1) is 12.3 Å². The number of ketones is 3. The lowest BCUT2D eigenvalue weighted by atomic mass is 9.64. The van der Waals surface area contributed by atoms with Crippen molar-refractivity contribution in [2.75, 3.05) is 19.1 Å². The van der Waals surface area contributed by atoms with Crippen LogP contribution in [-0.2, 0) is 0 Å². The Kier molecular flexibility index (Phi) is 5.91. The number of hydrogen-bond acceptors (Lipinski definition) is 6. The van der Waals surface area contributed by atoms with Crippen LogP contribution in [0.2, 0.25) is 0 Å². The van der Waals surface area contributed by atoms with E-state index in [9.17, 15) is 14.4 Å². The van der Waals surface area contributed by atoms with E-state index in [1.807, 2.05) is 72.5 Å². The van der Waals surface area contributed by atoms with Crippen LogP contribution >= 0.6 is 0 Å². The monoisotopic (exact) mass is 555 g/mol. The van der Waals surface area contributed by atoms with Crippen molar-refractivity contribution in [2.45, 2.75) is 24.9 Å². The molecule has 1 aliphatic carbocycles. The first kappa shape index (κ1) is 26.0. The van der Waals surface area contributed by atoms with E-state index in [0.29, 0.717) is 33.8 Å². The predicted octanol–water partition coefficient (Wildman–Crippen LogP) is 6.33. The van der Waals surface area contributed by atoms with Crippen LogP contribution in [-0.4, -0.2) is 43.7 Å². The number of anilines is 1. The van der Waals surface area contributed by atoms with Gasteiger partial charge in [-0.25, -0.2) is 0 Å². The van der Waals surface area contributed by atoms with Crippen LogP contribution in [0.3, 0.4) is 0 Å². The molecular formula is C36H29NO5. The van der Waals surface area contributed by atoms with Crippen molar-refractivity contribution in [2.24, 2.45) is 5.41 Å². The maximum Gasteiger partial charge on any atom is 0.185 e. The molecule has 0 amide bonds. The van der Waals surface area contributed by atoms with Gasteiger partial charge in [-0.2, -0.15) is 0 Å². The van der Waals surface area contributed by atoms with Gasteiger partial charge in [0.2, 0.25) is 0 Å². The van der Waals surface area contributed by atoms with Crippen LogP contribution in [0.5, 0.6) is 11.5 Å². The normalized spacial score (nSPS) is 21.2. The largest absolute Gasteiger partial charge is 0.497 e. The van der Waals surface area contributed by atoms with Crippen LogP contribution < -0.4 is 14.4 Å². The fourth-order valence-corrected chi connectivity index (χ4v) is 7.23. The van der Waals surface area contributed by atoms with Gasteiger partial charge in [0, 0.05) is 33.9 Å². The molecule has 2 aliphatic heterocycles. The molecule has 1 fully saturated rings. The molecule has 3 aliphatic rings. The van der Waals surface area contributed by atoms with Crippen molar-refractivity contribution in [3.8, 4) is 11.5 Å². The Morgan fingerprint density at radius 2 is 1.48 bits per heavy atom. The van der Waals surface area contributed by atoms with Gasteiger partial charge in [0.1, 0.15) is 23.0 Å². The molecule has 1 spiro atoms. The lowest BCUT2D eigenvalue weighted by Crippen LogP contribution is -2.48. The number of fused-ring (bicyclic) bond motifs is 5. The van der Waals surface area contributed by atoms with E-state index >= 15 is 0 Å². The SMILES string of the molecule is COc1ccc(OC)c(C2C(C(=O)c3ccc(C)cc3)N3c4ccccc4C=CC3C23C(=O)c2ccccc2C3=O)c1. The molecule has 3 unspecified atom stereocenters. The first-order valence-corrected chi connectivity index (χ1v) is 14.0. The summed E-state index contributed by atoms with van der Waals surface area (Å²) in [5, 5.41) is 0. The number of ether oxygens (including phenoxy) is 2. The standard InChI is InChI=1S/C36H29NO5/c1-21-12-14-23(15-13-21)33(38)32-31(27-20-24(41-2)17-18-29(27)42-3)36(34(39)25-9-5-6-10-26(25)35(36)40)30-19-16-22-8-4-7-11-28(22)37(30)32/h4-20,30-32H,1-3H3. The highest BCUT2D eigenvalue weighted by Gasteiger charge is 2.72. The highest BCUT2D eigenvalue weighted by molar-refractivity contribution is 6.32. The Balaban J connectivity index is 1.58. The predicted molar refractivity (Wildman–Crippen MR) is 161 cm³/mol. The van der Waals surface area contributed by atoms with E-state index in [2.05, 4.69) is 0 Å². The molecule has 6 nitrogen and oxygen atoms in total. The first-order valence-electron chi connectivity index (χ1n) is 14.0. The van der Waals surface area contributed by atoms with Gasteiger partial charge in [-0.15, -0.1) is 0 Å². The second kappa shape index (κ2) is 9.55. The van der Waals surface area contributed by atoms with Gasteiger partial charge < -0.3 is 14.4 Å². The molecule has 6 heteroatoms. The van der Waals surface area contributed by atoms with Gasteiger partial charge in [-0.3, -0.25) is 14.4 Å². The molecule has 0 aromatic heterocycles. The average molecular weight is 556 g/mol. The molecule has 4 aromatic carbocycles. The molecule has 208 valence electrons. The third-order valence-electron chi connectivity index (χ3n) is 9.09. The second-order valence-corrected chi connectivity index (χ2v) is 11.1. The Morgan fingerprint density at radius 1 is 0.810 bits per heavy atom. The number of hydrogen-bond donors (Lipinski definition) is 0. The highest BCUT2D eigenvalue weighted by atomic mass is 16.5. The molecule has 7 rings (SSSR count). The van der Waals surface area contributed by atoms with Crippen molar-refractivity contribution in [1.29, 1.82) is 0 Å². The minimum atomic E-state index is -1.61. The number of benzene rings is 4. The summed E-state index contributed by atoms with van der Waals surface area (Å²) in [6.07, 6.45) is 3.88. The minimum Gasteiger partial charge on any atom is -0.497 e. The molecule has 0 N–H and O–H groups in total. The zero-order valence-corrected chi connectivity index (χ0v) is 23.5. The molecule has 4 aromatic rings. The van der Waals surface area contributed by atoms with Crippen molar-refractivity contribution in [1.82, 2.24) is 0 Å². The van der Waals surface area contributed by atoms with Crippen molar-refractivity contribution < 1.29 is 23.9 Å². The molecule has 2 heterocycles. The number of para-hydroxylation sites is 1. The number of methoxy groups -OCH3 is 2. The van der Waals surface area contributed by atoms with E-state index in [1.54, 1.807) is 56.7 Å². The maximum atomic E-state index is 14.8. The van der Waals surface area contributed by atoms with Crippen LogP contribution in [0.15, 0.2) is 97.1 Å². The smallest absolute Gasteiger partial charge is 0.185 e. The summed E-state index contributed by atoms with van der Waals surface area (Å²) in [4.78, 5) is 46.5. The fraction of sp³-hybridized carbons (Fsp3) is 0.194. The molecule has 1 saturated heterocycles. The van der Waals surface area contributed by atoms with Crippen LogP contribution in [0.25, 0.3) is 6.08 Å². The number of rotatable bonds is 5. The van der Waals surface area contributed by atoms with Gasteiger partial charge in [0.25, 0.3) is 0 Å². The van der Waals surface area contributed by atoms with Gasteiger partial charge in [-0.05, 0) is 36.8 Å². The molecule has 0 bridgehead atoms. The zero-order valence-electron chi connectivity index (χ0n) is 23.5. The van der Waals surface area contributed by atoms with Gasteiger partial charge >= 0.3 is 0 Å². The number of aryl methyl sites for hydroxylation is 1. The summed E-state index contributed by atoms with van der Waals surface area (Å²) in [6.45, 7) is 1.97. The van der Waals surface area contributed by atoms with E-state index in [-0.39, 0.29) is 17.3 Å². The third kappa shape index (κ3) is 3.41. The highest BCUT2D eigenvalue weighted by Crippen LogP contribution is 2.62. The topological polar surface area (TPSA) is 72.9 Å². The Hall–Kier alpha value is -4.97. The first-order chi connectivity index (χ1) is 20.4. The minimum absolute atomic E-state index is 0.173. The van der Waals surface area contributed by atoms with Gasteiger partial charge in [-0.1, -0.05) is 84.4 Å². The number of nitrogens with zero attached hydrogens (tertiary/aromatic N) is 1. The van der Waals surface area contributed by atoms with E-state index in [4.69, 9.17) is 9.47 Å². The van der Waals surface area contributed by atoms with E-state index in [1.165, 1.54) is 0 Å². The number of Topliss-reactive ketones (excluding diaryl/α,β-unsaturated/α-hetero) is 3. The average Bonchev–Trinajstić information content (AvgIpc) is 3.46. The lowest BCUT2D eigenvalue weighted by molar-refractivity contribution is 0.0664. The molecule has 0 radical (unpaired) electrons. The second-order valence-electron chi connectivity index (χ2n) is 11.1. The molecule has 42 heavy (non-hydrogen) atoms. The van der Waals surface area contributed by atoms with Crippen molar-refractivity contribution in [3.63, 3.8) is 0 Å². The van der Waals surface area contributed by atoms with Gasteiger partial charge in [0.15, 0.2) is 17.3 Å². The third-order valence-corrected chi connectivity index (χ3v) is 9.09. The zero-order chi connectivity index (χ0) is 29.2. The van der Waals surface area contributed by atoms with Gasteiger partial charge in [0.05, 0.1) is 20.3 Å². The molecule has 0 saturated carbocycles. The van der Waals surface area contributed by atoms with E-state index in [0.717, 1.165) is 16.8 Å². The van der Waals surface area contributed by atoms with Crippen LogP contribution in [0.4, 0.5) is 5.69 Å². The van der Waals surface area contributed by atoms with E-state index < -0.39 is 23.4 Å². The lowest BCUT2D eigenvalue weighted by Gasteiger charge is -2.37. The van der Waals surface area contributed by atoms with Crippen LogP contribution in [0.1, 0.15) is 53.7 Å². The molecular weight excluding hydrogens is 526 g/mol. The quantitative estimate of drug-likeness (QED) is 0.212. The van der Waals surface area contributed by atoms with Crippen molar-refractivity contribution in [3.05, 3.63) is 130 Å².